The van der Waals surface area contributed by atoms with Crippen molar-refractivity contribution in [2.24, 2.45) is 23.7 Å². The topological polar surface area (TPSA) is 98.8 Å². The molecule has 0 radical (unpaired) electrons. The Balaban J connectivity index is 1.43. The monoisotopic (exact) mass is 385 g/mol. The minimum atomic E-state index is -1.11. The summed E-state index contributed by atoms with van der Waals surface area (Å²) in [6, 6.07) is 6.77. The van der Waals surface area contributed by atoms with Gasteiger partial charge in [-0.1, -0.05) is 0 Å². The number of nitrogens with zero attached hydrogens (tertiary/aromatic N) is 1. The molecule has 5 rings (SSSR count). The zero-order chi connectivity index (χ0) is 19.7. The molecule has 1 aliphatic heterocycles. The highest BCUT2D eigenvalue weighted by molar-refractivity contribution is 5.97. The molecule has 3 aliphatic carbocycles. The number of morpholine rings is 1. The number of ether oxygens (including phenoxy) is 1. The lowest BCUT2D eigenvalue weighted by atomic mass is 9.58. The second-order valence-corrected chi connectivity index (χ2v) is 8.02. The molecular formula is C21H25N2O5-. The number of nitrogens with one attached hydrogen (secondary N) is 1. The number of aliphatic carboxylic acids is 1. The maximum absolute atomic E-state index is 12.8. The van der Waals surface area contributed by atoms with Crippen molar-refractivity contribution in [2.75, 3.05) is 31.6 Å². The van der Waals surface area contributed by atoms with Gasteiger partial charge >= 0.3 is 0 Å². The van der Waals surface area contributed by atoms with Gasteiger partial charge in [-0.15, -0.1) is 0 Å². The van der Waals surface area contributed by atoms with Crippen molar-refractivity contribution < 1.29 is 24.2 Å². The fourth-order valence-electron chi connectivity index (χ4n) is 5.04. The predicted molar refractivity (Wildman–Crippen MR) is 99.2 cm³/mol. The third-order valence-corrected chi connectivity index (χ3v) is 6.49. The van der Waals surface area contributed by atoms with Crippen LogP contribution in [0.15, 0.2) is 24.3 Å². The van der Waals surface area contributed by atoms with E-state index in [2.05, 4.69) is 5.32 Å². The van der Waals surface area contributed by atoms with Gasteiger partial charge in [-0.2, -0.15) is 0 Å². The van der Waals surface area contributed by atoms with Gasteiger partial charge in [-0.05, 0) is 61.8 Å². The lowest BCUT2D eigenvalue weighted by Gasteiger charge is -2.48. The van der Waals surface area contributed by atoms with E-state index in [1.54, 1.807) is 29.2 Å². The van der Waals surface area contributed by atoms with Crippen molar-refractivity contribution in [1.82, 2.24) is 4.90 Å². The van der Waals surface area contributed by atoms with Gasteiger partial charge in [-0.25, -0.2) is 0 Å². The molecule has 1 aromatic rings. The molecule has 2 atom stereocenters. The summed E-state index contributed by atoms with van der Waals surface area (Å²) in [6.45, 7) is 2.24. The quantitative estimate of drug-likeness (QED) is 0.830. The lowest BCUT2D eigenvalue weighted by Crippen LogP contribution is -2.52. The maximum Gasteiger partial charge on any atom is 0.254 e. The predicted octanol–water partition coefficient (Wildman–Crippen LogP) is 0.900. The summed E-state index contributed by atoms with van der Waals surface area (Å²) in [5.41, 5.74) is 1.13. The number of hydrogen-bond acceptors (Lipinski definition) is 5. The molecular weight excluding hydrogens is 360 g/mol. The molecule has 7 nitrogen and oxygen atoms in total. The van der Waals surface area contributed by atoms with E-state index in [4.69, 9.17) is 4.74 Å². The summed E-state index contributed by atoms with van der Waals surface area (Å²) >= 11 is 0. The van der Waals surface area contributed by atoms with E-state index < -0.39 is 17.8 Å². The zero-order valence-electron chi connectivity index (χ0n) is 15.8. The second-order valence-electron chi connectivity index (χ2n) is 8.02. The average molecular weight is 385 g/mol. The first kappa shape index (κ1) is 18.9. The van der Waals surface area contributed by atoms with Crippen LogP contribution in [0.1, 0.15) is 36.0 Å². The van der Waals surface area contributed by atoms with Crippen LogP contribution in [-0.4, -0.2) is 49.0 Å². The van der Waals surface area contributed by atoms with Crippen LogP contribution in [0.4, 0.5) is 5.69 Å². The normalized spacial score (nSPS) is 29.4. The molecule has 2 bridgehead atoms. The van der Waals surface area contributed by atoms with E-state index in [-0.39, 0.29) is 23.7 Å². The first-order chi connectivity index (χ1) is 13.5. The van der Waals surface area contributed by atoms with Crippen LogP contribution < -0.4 is 10.4 Å². The summed E-state index contributed by atoms with van der Waals surface area (Å²) < 4.78 is 5.26. The standard InChI is InChI=1S/C21H26N2O5/c24-19(17-13-1-3-14(4-2-13)18(17)21(26)27)22-16-7-5-15(6-8-16)20(25)23-9-11-28-12-10-23/h5-8,13-14,17-18H,1-4,9-12H2,(H,22,24)(H,26,27)/p-1/t13?,14?,17-,18-/m0/s1. The summed E-state index contributed by atoms with van der Waals surface area (Å²) in [5, 5.41) is 14.5. The Morgan fingerprint density at radius 1 is 0.929 bits per heavy atom. The van der Waals surface area contributed by atoms with E-state index in [0.29, 0.717) is 37.6 Å². The third-order valence-electron chi connectivity index (χ3n) is 6.49. The SMILES string of the molecule is O=C([O-])[C@H]1C2CCC(CC2)[C@@H]1C(=O)Nc1ccc(C(=O)N2CCOCC2)cc1. The fraction of sp³-hybridized carbons (Fsp3) is 0.571. The summed E-state index contributed by atoms with van der Waals surface area (Å²) in [4.78, 5) is 38.7. The first-order valence-corrected chi connectivity index (χ1v) is 10.0. The Morgan fingerprint density at radius 2 is 1.50 bits per heavy atom. The highest BCUT2D eigenvalue weighted by atomic mass is 16.5. The van der Waals surface area contributed by atoms with Gasteiger partial charge in [-0.3, -0.25) is 9.59 Å². The second kappa shape index (κ2) is 7.91. The summed E-state index contributed by atoms with van der Waals surface area (Å²) in [7, 11) is 0. The number of fused-ring (bicyclic) bond motifs is 3. The number of carbonyl (C=O) groups excluding carboxylic acids is 3. The highest BCUT2D eigenvalue weighted by Crippen LogP contribution is 2.49. The van der Waals surface area contributed by atoms with Crippen molar-refractivity contribution in [1.29, 1.82) is 0 Å². The maximum atomic E-state index is 12.8. The molecule has 4 fully saturated rings. The van der Waals surface area contributed by atoms with Crippen LogP contribution in [0.2, 0.25) is 0 Å². The smallest absolute Gasteiger partial charge is 0.254 e. The van der Waals surface area contributed by atoms with E-state index in [1.807, 2.05) is 0 Å². The fourth-order valence-corrected chi connectivity index (χ4v) is 5.04. The molecule has 1 aromatic carbocycles. The van der Waals surface area contributed by atoms with Crippen LogP contribution in [0.25, 0.3) is 0 Å². The number of carboxylic acid groups (broad SMARTS) is 1. The third kappa shape index (κ3) is 3.63. The number of carboxylic acids is 1. The summed E-state index contributed by atoms with van der Waals surface area (Å²) in [5.74, 6) is -2.50. The largest absolute Gasteiger partial charge is 0.550 e. The van der Waals surface area contributed by atoms with Gasteiger partial charge in [0.05, 0.1) is 13.2 Å². The molecule has 28 heavy (non-hydrogen) atoms. The van der Waals surface area contributed by atoms with Gasteiger partial charge in [0.2, 0.25) is 5.91 Å². The Kier molecular flexibility index (Phi) is 5.35. The van der Waals surface area contributed by atoms with Crippen LogP contribution in [0.3, 0.4) is 0 Å². The molecule has 3 saturated carbocycles. The average Bonchev–Trinajstić information content (AvgIpc) is 2.74. The molecule has 4 aliphatic rings. The number of carbonyl (C=O) groups is 3. The minimum Gasteiger partial charge on any atom is -0.550 e. The van der Waals surface area contributed by atoms with Gasteiger partial charge in [0.15, 0.2) is 0 Å². The lowest BCUT2D eigenvalue weighted by molar-refractivity contribution is -0.318. The first-order valence-electron chi connectivity index (χ1n) is 10.0. The van der Waals surface area contributed by atoms with E-state index in [1.165, 1.54) is 0 Å². The Hall–Kier alpha value is -2.41. The van der Waals surface area contributed by atoms with Gasteiger partial charge in [0.1, 0.15) is 0 Å². The molecule has 1 saturated heterocycles. The number of benzene rings is 1. The van der Waals surface area contributed by atoms with Crippen LogP contribution in [0.5, 0.6) is 0 Å². The van der Waals surface area contributed by atoms with Crippen molar-refractivity contribution in [3.63, 3.8) is 0 Å². The molecule has 0 spiro atoms. The van der Waals surface area contributed by atoms with Crippen molar-refractivity contribution in [3.8, 4) is 0 Å². The Bertz CT molecular complexity index is 749. The van der Waals surface area contributed by atoms with Crippen molar-refractivity contribution in [2.45, 2.75) is 25.7 Å². The number of amides is 2. The van der Waals surface area contributed by atoms with E-state index in [9.17, 15) is 19.5 Å². The number of hydrogen-bond donors (Lipinski definition) is 1. The molecule has 1 N–H and O–H groups in total. The van der Waals surface area contributed by atoms with Crippen LogP contribution in [0, 0.1) is 23.7 Å². The molecule has 150 valence electrons. The Morgan fingerprint density at radius 3 is 2.07 bits per heavy atom. The Labute approximate surface area is 164 Å². The minimum absolute atomic E-state index is 0.0410. The van der Waals surface area contributed by atoms with Gasteiger partial charge in [0, 0.05) is 42.1 Å². The van der Waals surface area contributed by atoms with E-state index in [0.717, 1.165) is 25.7 Å². The molecule has 0 aromatic heterocycles. The van der Waals surface area contributed by atoms with Gasteiger partial charge < -0.3 is 24.9 Å². The molecule has 7 heteroatoms. The molecule has 1 heterocycles. The highest BCUT2D eigenvalue weighted by Gasteiger charge is 2.47. The number of anilines is 1. The number of rotatable bonds is 4. The zero-order valence-corrected chi connectivity index (χ0v) is 15.8. The van der Waals surface area contributed by atoms with E-state index >= 15 is 0 Å². The van der Waals surface area contributed by atoms with Crippen LogP contribution >= 0.6 is 0 Å². The van der Waals surface area contributed by atoms with Crippen molar-refractivity contribution in [3.05, 3.63) is 29.8 Å². The molecule has 0 unspecified atom stereocenters. The summed E-state index contributed by atoms with van der Waals surface area (Å²) in [6.07, 6.45) is 3.54. The van der Waals surface area contributed by atoms with Crippen LogP contribution in [-0.2, 0) is 14.3 Å². The van der Waals surface area contributed by atoms with Gasteiger partial charge in [0.25, 0.3) is 5.91 Å². The molecule has 2 amide bonds. The van der Waals surface area contributed by atoms with Crippen molar-refractivity contribution >= 4 is 23.5 Å².